The monoisotopic (exact) mass is 219 g/mol. The van der Waals surface area contributed by atoms with Crippen molar-refractivity contribution in [1.29, 1.82) is 0 Å². The summed E-state index contributed by atoms with van der Waals surface area (Å²) >= 11 is 0. The number of nitrogens with one attached hydrogen (secondary N) is 1. The molecule has 1 unspecified atom stereocenters. The van der Waals surface area contributed by atoms with Gasteiger partial charge in [0, 0.05) is 6.20 Å². The average molecular weight is 219 g/mol. The van der Waals surface area contributed by atoms with Gasteiger partial charge in [0.25, 0.3) is 0 Å². The third kappa shape index (κ3) is 2.58. The highest BCUT2D eigenvalue weighted by atomic mass is 16.5. The summed E-state index contributed by atoms with van der Waals surface area (Å²) in [6.45, 7) is 3.85. The number of hydrogen-bond donors (Lipinski definition) is 1. The summed E-state index contributed by atoms with van der Waals surface area (Å²) < 4.78 is 5.39. The van der Waals surface area contributed by atoms with E-state index in [9.17, 15) is 0 Å². The molecule has 16 heavy (non-hydrogen) atoms. The lowest BCUT2D eigenvalue weighted by Crippen LogP contribution is -2.24. The Morgan fingerprint density at radius 3 is 3.06 bits per heavy atom. The third-order valence-electron chi connectivity index (χ3n) is 2.68. The normalized spacial score (nSPS) is 17.4. The molecule has 4 heteroatoms. The van der Waals surface area contributed by atoms with Crippen LogP contribution in [-0.4, -0.2) is 23.3 Å². The van der Waals surface area contributed by atoms with Crippen LogP contribution in [0, 0.1) is 0 Å². The zero-order valence-electron chi connectivity index (χ0n) is 9.52. The molecule has 0 aliphatic carbocycles. The van der Waals surface area contributed by atoms with E-state index in [0.717, 1.165) is 31.6 Å². The molecule has 1 atom stereocenters. The first-order valence-electron chi connectivity index (χ1n) is 5.72. The molecule has 1 aliphatic heterocycles. The van der Waals surface area contributed by atoms with Crippen molar-refractivity contribution in [2.45, 2.75) is 25.8 Å². The van der Waals surface area contributed by atoms with Crippen molar-refractivity contribution >= 4 is 0 Å². The lowest BCUT2D eigenvalue weighted by molar-refractivity contribution is 0.219. The predicted molar refractivity (Wildman–Crippen MR) is 61.7 cm³/mol. The number of aromatic nitrogens is 2. The Morgan fingerprint density at radius 2 is 2.44 bits per heavy atom. The summed E-state index contributed by atoms with van der Waals surface area (Å²) in [4.78, 5) is 0. The molecule has 0 radical (unpaired) electrons. The van der Waals surface area contributed by atoms with Crippen molar-refractivity contribution in [2.24, 2.45) is 0 Å². The van der Waals surface area contributed by atoms with E-state index in [1.54, 1.807) is 6.20 Å². The van der Waals surface area contributed by atoms with Gasteiger partial charge in [-0.25, -0.2) is 0 Å². The molecule has 86 valence electrons. The van der Waals surface area contributed by atoms with Crippen LogP contribution in [0.5, 0.6) is 0 Å². The van der Waals surface area contributed by atoms with Crippen LogP contribution in [0.25, 0.3) is 0 Å². The molecule has 0 fully saturated rings. The van der Waals surface area contributed by atoms with E-state index in [0.29, 0.717) is 0 Å². The van der Waals surface area contributed by atoms with Crippen molar-refractivity contribution in [3.05, 3.63) is 35.9 Å². The van der Waals surface area contributed by atoms with E-state index < -0.39 is 0 Å². The van der Waals surface area contributed by atoms with E-state index >= 15 is 0 Å². The summed E-state index contributed by atoms with van der Waals surface area (Å²) in [5.74, 6) is 0. The molecule has 0 saturated carbocycles. The Kier molecular flexibility index (Phi) is 3.88. The number of rotatable bonds is 4. The molecular weight excluding hydrogens is 202 g/mol. The molecule has 0 bridgehead atoms. The van der Waals surface area contributed by atoms with E-state index in [4.69, 9.17) is 4.74 Å². The predicted octanol–water partition coefficient (Wildman–Crippen LogP) is 1.82. The zero-order valence-corrected chi connectivity index (χ0v) is 9.52. The van der Waals surface area contributed by atoms with Gasteiger partial charge < -0.3 is 10.1 Å². The molecule has 0 spiro atoms. The van der Waals surface area contributed by atoms with Crippen molar-refractivity contribution < 1.29 is 4.74 Å². The van der Waals surface area contributed by atoms with E-state index in [-0.39, 0.29) is 6.04 Å². The molecule has 1 aromatic rings. The highest BCUT2D eigenvalue weighted by Gasteiger charge is 2.18. The van der Waals surface area contributed by atoms with Gasteiger partial charge >= 0.3 is 0 Å². The van der Waals surface area contributed by atoms with Crippen LogP contribution in [0.4, 0.5) is 0 Å². The smallest absolute Gasteiger partial charge is 0.0876 e. The van der Waals surface area contributed by atoms with Gasteiger partial charge in [-0.3, -0.25) is 0 Å². The maximum absolute atomic E-state index is 5.39. The van der Waals surface area contributed by atoms with Crippen LogP contribution in [0.1, 0.15) is 31.4 Å². The summed E-state index contributed by atoms with van der Waals surface area (Å²) in [6, 6.07) is 2.20. The highest BCUT2D eigenvalue weighted by molar-refractivity contribution is 5.24. The number of likely N-dealkylation sites (N-methyl/N-ethyl adjacent to an activating group) is 1. The topological polar surface area (TPSA) is 47.0 Å². The molecule has 0 amide bonds. The largest absolute Gasteiger partial charge is 0.501 e. The minimum atomic E-state index is 0.209. The minimum Gasteiger partial charge on any atom is -0.501 e. The average Bonchev–Trinajstić information content (AvgIpc) is 2.38. The van der Waals surface area contributed by atoms with Gasteiger partial charge in [-0.05, 0) is 36.6 Å². The zero-order chi connectivity index (χ0) is 11.2. The second-order valence-corrected chi connectivity index (χ2v) is 3.83. The van der Waals surface area contributed by atoms with Gasteiger partial charge in [0.2, 0.25) is 0 Å². The van der Waals surface area contributed by atoms with Crippen molar-refractivity contribution in [3.63, 3.8) is 0 Å². The molecule has 1 aliphatic rings. The first kappa shape index (κ1) is 11.1. The van der Waals surface area contributed by atoms with Gasteiger partial charge in [0.05, 0.1) is 25.1 Å². The van der Waals surface area contributed by atoms with Gasteiger partial charge in [-0.1, -0.05) is 6.92 Å². The Bertz CT molecular complexity index is 351. The second kappa shape index (κ2) is 5.61. The second-order valence-electron chi connectivity index (χ2n) is 3.83. The summed E-state index contributed by atoms with van der Waals surface area (Å²) in [6.07, 6.45) is 7.59. The summed E-state index contributed by atoms with van der Waals surface area (Å²) in [5, 5.41) is 11.2. The molecule has 4 nitrogen and oxygen atoms in total. The fourth-order valence-electron chi connectivity index (χ4n) is 1.94. The molecule has 0 aromatic carbocycles. The van der Waals surface area contributed by atoms with E-state index in [2.05, 4.69) is 22.4 Å². The van der Waals surface area contributed by atoms with Crippen LogP contribution in [0.3, 0.4) is 0 Å². The van der Waals surface area contributed by atoms with E-state index in [1.165, 1.54) is 5.57 Å². The first-order chi connectivity index (χ1) is 7.92. The Morgan fingerprint density at radius 1 is 1.50 bits per heavy atom. The maximum atomic E-state index is 5.39. The number of nitrogens with zero attached hydrogens (tertiary/aromatic N) is 2. The minimum absolute atomic E-state index is 0.209. The lowest BCUT2D eigenvalue weighted by Gasteiger charge is -2.23. The van der Waals surface area contributed by atoms with Crippen LogP contribution in [0.15, 0.2) is 30.3 Å². The number of ether oxygens (including phenoxy) is 1. The molecule has 1 aromatic heterocycles. The number of hydrogen-bond acceptors (Lipinski definition) is 4. The van der Waals surface area contributed by atoms with Crippen molar-refractivity contribution in [2.75, 3.05) is 13.2 Å². The highest BCUT2D eigenvalue weighted by Crippen LogP contribution is 2.26. The summed E-state index contributed by atoms with van der Waals surface area (Å²) in [7, 11) is 0. The molecule has 2 rings (SSSR count). The fraction of sp³-hybridized carbons (Fsp3) is 0.500. The first-order valence-corrected chi connectivity index (χ1v) is 5.72. The van der Waals surface area contributed by atoms with Gasteiger partial charge in [0.1, 0.15) is 0 Å². The Hall–Kier alpha value is -1.42. The van der Waals surface area contributed by atoms with Gasteiger partial charge in [0.15, 0.2) is 0 Å². The van der Waals surface area contributed by atoms with E-state index in [1.807, 2.05) is 18.5 Å². The molecule has 2 heterocycles. The van der Waals surface area contributed by atoms with Gasteiger partial charge in [-0.15, -0.1) is 0 Å². The van der Waals surface area contributed by atoms with Crippen LogP contribution >= 0.6 is 0 Å². The molecule has 0 saturated heterocycles. The third-order valence-corrected chi connectivity index (χ3v) is 2.68. The Labute approximate surface area is 95.7 Å². The SMILES string of the molecule is CCNC(C1=COCCC1)c1ccnnc1. The van der Waals surface area contributed by atoms with Gasteiger partial charge in [-0.2, -0.15) is 10.2 Å². The van der Waals surface area contributed by atoms with Crippen molar-refractivity contribution in [1.82, 2.24) is 15.5 Å². The summed E-state index contributed by atoms with van der Waals surface area (Å²) in [5.41, 5.74) is 2.44. The quantitative estimate of drug-likeness (QED) is 0.839. The van der Waals surface area contributed by atoms with Crippen LogP contribution in [-0.2, 0) is 4.74 Å². The fourth-order valence-corrected chi connectivity index (χ4v) is 1.94. The van der Waals surface area contributed by atoms with Crippen LogP contribution in [0.2, 0.25) is 0 Å². The maximum Gasteiger partial charge on any atom is 0.0876 e. The standard InChI is InChI=1S/C12H17N3O/c1-2-13-12(10-5-6-14-15-8-10)11-4-3-7-16-9-11/h5-6,8-9,12-13H,2-4,7H2,1H3. The Balaban J connectivity index is 2.19. The lowest BCUT2D eigenvalue weighted by atomic mass is 9.97. The van der Waals surface area contributed by atoms with Crippen LogP contribution < -0.4 is 5.32 Å². The van der Waals surface area contributed by atoms with Crippen molar-refractivity contribution in [3.8, 4) is 0 Å². The molecule has 1 N–H and O–H groups in total. The molecular formula is C12H17N3O.